The second-order valence-corrected chi connectivity index (χ2v) is 6.34. The molecule has 0 aromatic heterocycles. The first-order valence-corrected chi connectivity index (χ1v) is 8.81. The smallest absolute Gasteiger partial charge is 0.343 e. The average Bonchev–Trinajstić information content (AvgIpc) is 2.69. The van der Waals surface area contributed by atoms with Gasteiger partial charge < -0.3 is 4.74 Å². The molecule has 28 heavy (non-hydrogen) atoms. The number of benzene rings is 3. The highest BCUT2D eigenvalue weighted by Gasteiger charge is 2.09. The number of nitrogens with one attached hydrogen (secondary N) is 1. The number of nitrogens with zero attached hydrogens (tertiary/aromatic N) is 1. The normalized spacial score (nSPS) is 10.6. The Morgan fingerprint density at radius 2 is 1.68 bits per heavy atom. The molecule has 1 amide bonds. The largest absolute Gasteiger partial charge is 0.423 e. The number of hydrazone groups is 1. The Morgan fingerprint density at radius 3 is 2.39 bits per heavy atom. The minimum Gasteiger partial charge on any atom is -0.423 e. The van der Waals surface area contributed by atoms with E-state index >= 15 is 0 Å². The van der Waals surface area contributed by atoms with Gasteiger partial charge >= 0.3 is 5.97 Å². The molecule has 0 heterocycles. The first kappa shape index (κ1) is 19.0. The molecule has 3 aromatic rings. The minimum absolute atomic E-state index is 0.266. The van der Waals surface area contributed by atoms with E-state index in [1.807, 2.05) is 44.2 Å². The van der Waals surface area contributed by atoms with E-state index in [4.69, 9.17) is 4.74 Å². The van der Waals surface area contributed by atoms with Gasteiger partial charge in [-0.1, -0.05) is 35.9 Å². The van der Waals surface area contributed by atoms with Gasteiger partial charge in [-0.3, -0.25) is 4.79 Å². The van der Waals surface area contributed by atoms with E-state index in [9.17, 15) is 9.59 Å². The molecule has 5 nitrogen and oxygen atoms in total. The van der Waals surface area contributed by atoms with Crippen LogP contribution in [0, 0.1) is 13.8 Å². The third kappa shape index (κ3) is 4.92. The van der Waals surface area contributed by atoms with E-state index < -0.39 is 5.97 Å². The van der Waals surface area contributed by atoms with Crippen LogP contribution in [-0.4, -0.2) is 18.1 Å². The van der Waals surface area contributed by atoms with Crippen LogP contribution >= 0.6 is 0 Å². The Labute approximate surface area is 163 Å². The summed E-state index contributed by atoms with van der Waals surface area (Å²) in [6.45, 7) is 3.79. The number of carbonyl (C=O) groups excluding carboxylic acids is 2. The van der Waals surface area contributed by atoms with Gasteiger partial charge in [-0.2, -0.15) is 5.10 Å². The lowest BCUT2D eigenvalue weighted by molar-refractivity contribution is 0.0734. The average molecular weight is 372 g/mol. The molecule has 0 atom stereocenters. The van der Waals surface area contributed by atoms with Crippen molar-refractivity contribution in [2.75, 3.05) is 0 Å². The molecule has 5 heteroatoms. The molecule has 0 fully saturated rings. The maximum absolute atomic E-state index is 12.2. The highest BCUT2D eigenvalue weighted by atomic mass is 16.5. The van der Waals surface area contributed by atoms with Crippen molar-refractivity contribution in [3.63, 3.8) is 0 Å². The van der Waals surface area contributed by atoms with Gasteiger partial charge in [0.15, 0.2) is 0 Å². The summed E-state index contributed by atoms with van der Waals surface area (Å²) in [5, 5.41) is 3.97. The lowest BCUT2D eigenvalue weighted by atomic mass is 10.1. The number of esters is 1. The maximum atomic E-state index is 12.2. The molecule has 3 aromatic carbocycles. The van der Waals surface area contributed by atoms with Gasteiger partial charge in [-0.25, -0.2) is 10.2 Å². The Morgan fingerprint density at radius 1 is 0.929 bits per heavy atom. The van der Waals surface area contributed by atoms with Gasteiger partial charge in [0.2, 0.25) is 0 Å². The van der Waals surface area contributed by atoms with E-state index in [0.717, 1.165) is 16.7 Å². The van der Waals surface area contributed by atoms with Crippen LogP contribution in [0.25, 0.3) is 0 Å². The third-order valence-electron chi connectivity index (χ3n) is 4.11. The van der Waals surface area contributed by atoms with Gasteiger partial charge in [-0.15, -0.1) is 0 Å². The lowest BCUT2D eigenvalue weighted by Crippen LogP contribution is -2.18. The summed E-state index contributed by atoms with van der Waals surface area (Å²) in [6, 6.07) is 21.4. The fourth-order valence-electron chi connectivity index (χ4n) is 2.61. The van der Waals surface area contributed by atoms with Crippen LogP contribution < -0.4 is 10.2 Å². The third-order valence-corrected chi connectivity index (χ3v) is 4.11. The van der Waals surface area contributed by atoms with Crippen LogP contribution in [0.5, 0.6) is 5.75 Å². The summed E-state index contributed by atoms with van der Waals surface area (Å²) >= 11 is 0. The number of hydrogen-bond acceptors (Lipinski definition) is 4. The SMILES string of the molecule is Cc1cccc(C(=O)Oc2ccc(C=NNC(=O)c3ccccc3C)cc2)c1. The van der Waals surface area contributed by atoms with Crippen LogP contribution in [0.15, 0.2) is 77.9 Å². The van der Waals surface area contributed by atoms with Crippen molar-refractivity contribution >= 4 is 18.1 Å². The Bertz CT molecular complexity index is 1020. The van der Waals surface area contributed by atoms with E-state index in [2.05, 4.69) is 10.5 Å². The molecule has 0 spiro atoms. The first-order chi connectivity index (χ1) is 13.5. The summed E-state index contributed by atoms with van der Waals surface area (Å²) in [4.78, 5) is 24.3. The summed E-state index contributed by atoms with van der Waals surface area (Å²) in [5.74, 6) is -0.235. The molecule has 0 saturated carbocycles. The topological polar surface area (TPSA) is 67.8 Å². The van der Waals surface area contributed by atoms with Crippen molar-refractivity contribution in [3.05, 3.63) is 101 Å². The van der Waals surface area contributed by atoms with Gasteiger partial charge in [-0.05, 0) is 67.4 Å². The minimum atomic E-state index is -0.407. The zero-order valence-corrected chi connectivity index (χ0v) is 15.7. The van der Waals surface area contributed by atoms with E-state index in [1.165, 1.54) is 6.21 Å². The second kappa shape index (κ2) is 8.77. The van der Waals surface area contributed by atoms with Crippen molar-refractivity contribution in [1.82, 2.24) is 5.43 Å². The molecule has 0 aliphatic heterocycles. The van der Waals surface area contributed by atoms with E-state index in [-0.39, 0.29) is 5.91 Å². The summed E-state index contributed by atoms with van der Waals surface area (Å²) in [7, 11) is 0. The van der Waals surface area contributed by atoms with Gasteiger partial charge in [0, 0.05) is 5.56 Å². The maximum Gasteiger partial charge on any atom is 0.343 e. The van der Waals surface area contributed by atoms with Gasteiger partial charge in [0.25, 0.3) is 5.91 Å². The Hall–Kier alpha value is -3.73. The predicted molar refractivity (Wildman–Crippen MR) is 109 cm³/mol. The highest BCUT2D eigenvalue weighted by molar-refractivity contribution is 5.96. The molecule has 0 aliphatic carbocycles. The van der Waals surface area contributed by atoms with Crippen LogP contribution in [0.2, 0.25) is 0 Å². The zero-order valence-electron chi connectivity index (χ0n) is 15.7. The highest BCUT2D eigenvalue weighted by Crippen LogP contribution is 2.14. The summed E-state index contributed by atoms with van der Waals surface area (Å²) < 4.78 is 5.37. The number of hydrogen-bond donors (Lipinski definition) is 1. The molecule has 140 valence electrons. The lowest BCUT2D eigenvalue weighted by Gasteiger charge is -2.05. The molecule has 0 radical (unpaired) electrons. The monoisotopic (exact) mass is 372 g/mol. The van der Waals surface area contributed by atoms with Crippen molar-refractivity contribution in [3.8, 4) is 5.75 Å². The summed E-state index contributed by atoms with van der Waals surface area (Å²) in [5.41, 5.74) is 6.24. The second-order valence-electron chi connectivity index (χ2n) is 6.34. The van der Waals surface area contributed by atoms with E-state index in [0.29, 0.717) is 16.9 Å². The van der Waals surface area contributed by atoms with Gasteiger partial charge in [0.05, 0.1) is 11.8 Å². The molecule has 0 bridgehead atoms. The van der Waals surface area contributed by atoms with Crippen molar-refractivity contribution < 1.29 is 14.3 Å². The Balaban J connectivity index is 1.58. The standard InChI is InChI=1S/C23H20N2O3/c1-16-6-5-8-19(14-16)23(27)28-20-12-10-18(11-13-20)15-24-25-22(26)21-9-4-3-7-17(21)2/h3-15H,1-2H3,(H,25,26). The first-order valence-electron chi connectivity index (χ1n) is 8.81. The summed E-state index contributed by atoms with van der Waals surface area (Å²) in [6.07, 6.45) is 1.53. The van der Waals surface area contributed by atoms with Crippen molar-refractivity contribution in [1.29, 1.82) is 0 Å². The van der Waals surface area contributed by atoms with Crippen molar-refractivity contribution in [2.45, 2.75) is 13.8 Å². The van der Waals surface area contributed by atoms with Crippen molar-refractivity contribution in [2.24, 2.45) is 5.10 Å². The quantitative estimate of drug-likeness (QED) is 0.314. The number of carbonyl (C=O) groups is 2. The molecule has 0 aliphatic rings. The Kier molecular flexibility index (Phi) is 5.97. The number of ether oxygens (including phenoxy) is 1. The fourth-order valence-corrected chi connectivity index (χ4v) is 2.61. The van der Waals surface area contributed by atoms with E-state index in [1.54, 1.807) is 42.5 Å². The molecular weight excluding hydrogens is 352 g/mol. The molecule has 0 saturated heterocycles. The molecule has 3 rings (SSSR count). The number of rotatable bonds is 5. The van der Waals surface area contributed by atoms with Crippen LogP contribution in [0.3, 0.4) is 0 Å². The predicted octanol–water partition coefficient (Wildman–Crippen LogP) is 4.29. The molecule has 1 N–H and O–H groups in total. The number of amides is 1. The van der Waals surface area contributed by atoms with Crippen LogP contribution in [-0.2, 0) is 0 Å². The molecular formula is C23H20N2O3. The zero-order chi connectivity index (χ0) is 19.9. The fraction of sp³-hybridized carbons (Fsp3) is 0.0870. The van der Waals surface area contributed by atoms with Crippen LogP contribution in [0.1, 0.15) is 37.4 Å². The van der Waals surface area contributed by atoms with Gasteiger partial charge in [0.1, 0.15) is 5.75 Å². The van der Waals surface area contributed by atoms with Crippen LogP contribution in [0.4, 0.5) is 0 Å². The molecule has 0 unspecified atom stereocenters. The number of aryl methyl sites for hydroxylation is 2.